The molecule has 1 heterocycles. The second-order valence-corrected chi connectivity index (χ2v) is 9.73. The van der Waals surface area contributed by atoms with Gasteiger partial charge in [-0.05, 0) is 68.8 Å². The van der Waals surface area contributed by atoms with Gasteiger partial charge < -0.3 is 15.2 Å². The first kappa shape index (κ1) is 23.0. The molecule has 0 radical (unpaired) electrons. The number of nitrogens with zero attached hydrogens (tertiary/aromatic N) is 1. The first-order chi connectivity index (χ1) is 15.5. The van der Waals surface area contributed by atoms with Crippen molar-refractivity contribution in [3.63, 3.8) is 0 Å². The zero-order valence-corrected chi connectivity index (χ0v) is 19.3. The highest BCUT2D eigenvalue weighted by atomic mass is 16.5. The lowest BCUT2D eigenvalue weighted by atomic mass is 9.70. The maximum atomic E-state index is 11.1. The van der Waals surface area contributed by atoms with Crippen molar-refractivity contribution >= 4 is 5.97 Å². The molecule has 2 atom stereocenters. The molecule has 1 aliphatic carbocycles. The van der Waals surface area contributed by atoms with Gasteiger partial charge in [0.2, 0.25) is 0 Å². The van der Waals surface area contributed by atoms with Gasteiger partial charge in [0.05, 0.1) is 12.7 Å². The van der Waals surface area contributed by atoms with Crippen molar-refractivity contribution in [1.29, 1.82) is 0 Å². The number of carboxylic acid groups (broad SMARTS) is 1. The van der Waals surface area contributed by atoms with Crippen molar-refractivity contribution in [2.75, 3.05) is 20.6 Å². The fourth-order valence-corrected chi connectivity index (χ4v) is 5.51. The smallest absolute Gasteiger partial charge is 0.320 e. The number of hydrogen-bond acceptors (Lipinski definition) is 4. The quantitative estimate of drug-likeness (QED) is 0.649. The second kappa shape index (κ2) is 10.2. The molecule has 2 aliphatic rings. The molecule has 4 rings (SSSR count). The Morgan fingerprint density at radius 1 is 1.09 bits per heavy atom. The Labute approximate surface area is 191 Å². The fourth-order valence-electron chi connectivity index (χ4n) is 5.51. The minimum Gasteiger partial charge on any atom is -0.480 e. The van der Waals surface area contributed by atoms with Crippen LogP contribution in [0.2, 0.25) is 0 Å². The molecular weight excluding hydrogens is 400 g/mol. The Bertz CT molecular complexity index is 891. The molecule has 2 N–H and O–H groups in total. The minimum absolute atomic E-state index is 0.0322. The van der Waals surface area contributed by atoms with Crippen molar-refractivity contribution in [1.82, 2.24) is 10.2 Å². The number of carboxylic acids is 1. The van der Waals surface area contributed by atoms with Crippen LogP contribution < -0.4 is 5.32 Å². The molecule has 1 saturated heterocycles. The maximum absolute atomic E-state index is 11.1. The number of aliphatic carboxylic acids is 1. The molecule has 172 valence electrons. The number of nitrogens with one attached hydrogen (secondary N) is 1. The Kier molecular flexibility index (Phi) is 7.29. The van der Waals surface area contributed by atoms with Crippen LogP contribution in [-0.2, 0) is 28.1 Å². The Morgan fingerprint density at radius 2 is 1.81 bits per heavy atom. The van der Waals surface area contributed by atoms with Gasteiger partial charge in [-0.3, -0.25) is 9.69 Å². The lowest BCUT2D eigenvalue weighted by Crippen LogP contribution is -2.44. The van der Waals surface area contributed by atoms with E-state index in [0.29, 0.717) is 25.5 Å². The van der Waals surface area contributed by atoms with Gasteiger partial charge in [-0.2, -0.15) is 0 Å². The van der Waals surface area contributed by atoms with Crippen LogP contribution in [-0.4, -0.2) is 48.8 Å². The Hall–Kier alpha value is -2.21. The lowest BCUT2D eigenvalue weighted by Gasteiger charge is -2.45. The first-order valence-corrected chi connectivity index (χ1v) is 11.8. The molecule has 1 aliphatic heterocycles. The van der Waals surface area contributed by atoms with Crippen LogP contribution in [0.1, 0.15) is 48.8 Å². The van der Waals surface area contributed by atoms with E-state index in [-0.39, 0.29) is 11.6 Å². The summed E-state index contributed by atoms with van der Waals surface area (Å²) in [6, 6.07) is 19.2. The number of carbonyl (C=O) groups is 1. The highest BCUT2D eigenvalue weighted by molar-refractivity contribution is 5.73. The molecule has 5 nitrogen and oxygen atoms in total. The molecule has 0 spiro atoms. The molecule has 0 aromatic heterocycles. The second-order valence-electron chi connectivity index (χ2n) is 9.73. The standard InChI is InChI=1S/C27H36N2O3/c1-29(2)27(23-9-4-3-5-10-23)13-11-20(12-14-27)15-21-7-6-8-22(16-21)19-32-24-17-25(26(30)31)28-18-24/h3-10,16,20,24-25,28H,11-15,17-19H2,1-2H3,(H,30,31)/t20?,24-,25-,27?/m0/s1. The molecule has 1 saturated carbocycles. The number of rotatable bonds is 8. The zero-order valence-electron chi connectivity index (χ0n) is 19.3. The van der Waals surface area contributed by atoms with E-state index in [4.69, 9.17) is 9.84 Å². The molecule has 32 heavy (non-hydrogen) atoms. The van der Waals surface area contributed by atoms with Crippen LogP contribution in [0.3, 0.4) is 0 Å². The van der Waals surface area contributed by atoms with Crippen molar-refractivity contribution in [3.8, 4) is 0 Å². The normalized spacial score (nSPS) is 28.2. The molecular formula is C27H36N2O3. The SMILES string of the molecule is CN(C)C1(c2ccccc2)CCC(Cc2cccc(CO[C@@H]3CN[C@H](C(=O)O)C3)c2)CC1. The molecule has 2 aromatic rings. The van der Waals surface area contributed by atoms with Crippen LogP contribution in [0.15, 0.2) is 54.6 Å². The van der Waals surface area contributed by atoms with Gasteiger partial charge in [-0.25, -0.2) is 0 Å². The summed E-state index contributed by atoms with van der Waals surface area (Å²) in [7, 11) is 4.44. The highest BCUT2D eigenvalue weighted by Crippen LogP contribution is 2.43. The summed E-state index contributed by atoms with van der Waals surface area (Å²) in [6.07, 6.45) is 6.46. The van der Waals surface area contributed by atoms with Gasteiger partial charge in [0, 0.05) is 18.5 Å². The van der Waals surface area contributed by atoms with Gasteiger partial charge in [0.1, 0.15) is 6.04 Å². The highest BCUT2D eigenvalue weighted by Gasteiger charge is 2.38. The summed E-state index contributed by atoms with van der Waals surface area (Å²) in [4.78, 5) is 13.5. The van der Waals surface area contributed by atoms with E-state index in [1.54, 1.807) is 0 Å². The summed E-state index contributed by atoms with van der Waals surface area (Å²) >= 11 is 0. The van der Waals surface area contributed by atoms with Gasteiger partial charge in [0.15, 0.2) is 0 Å². The van der Waals surface area contributed by atoms with Crippen molar-refractivity contribution in [2.24, 2.45) is 5.92 Å². The van der Waals surface area contributed by atoms with Crippen LogP contribution in [0.4, 0.5) is 0 Å². The van der Waals surface area contributed by atoms with Gasteiger partial charge in [-0.1, -0.05) is 54.6 Å². The van der Waals surface area contributed by atoms with Crippen LogP contribution in [0.5, 0.6) is 0 Å². The van der Waals surface area contributed by atoms with E-state index >= 15 is 0 Å². The van der Waals surface area contributed by atoms with Crippen LogP contribution >= 0.6 is 0 Å². The Morgan fingerprint density at radius 3 is 2.47 bits per heavy atom. The lowest BCUT2D eigenvalue weighted by molar-refractivity contribution is -0.139. The zero-order chi connectivity index (χ0) is 22.6. The van der Waals surface area contributed by atoms with E-state index in [1.165, 1.54) is 42.4 Å². The topological polar surface area (TPSA) is 61.8 Å². The third-order valence-electron chi connectivity index (χ3n) is 7.49. The largest absolute Gasteiger partial charge is 0.480 e. The van der Waals surface area contributed by atoms with E-state index < -0.39 is 12.0 Å². The monoisotopic (exact) mass is 436 g/mol. The van der Waals surface area contributed by atoms with E-state index in [9.17, 15) is 4.79 Å². The third-order valence-corrected chi connectivity index (χ3v) is 7.49. The number of benzene rings is 2. The molecule has 5 heteroatoms. The third kappa shape index (κ3) is 5.22. The summed E-state index contributed by atoms with van der Waals surface area (Å²) in [5, 5.41) is 12.1. The van der Waals surface area contributed by atoms with E-state index in [2.05, 4.69) is 78.9 Å². The number of hydrogen-bond donors (Lipinski definition) is 2. The van der Waals surface area contributed by atoms with Gasteiger partial charge in [0.25, 0.3) is 0 Å². The average molecular weight is 437 g/mol. The predicted octanol–water partition coefficient (Wildman–Crippen LogP) is 4.21. The van der Waals surface area contributed by atoms with E-state index in [1.807, 2.05) is 0 Å². The Balaban J connectivity index is 1.31. The summed E-state index contributed by atoms with van der Waals surface area (Å²) in [5.41, 5.74) is 4.13. The summed E-state index contributed by atoms with van der Waals surface area (Å²) in [6.45, 7) is 1.14. The van der Waals surface area contributed by atoms with Gasteiger partial charge in [-0.15, -0.1) is 0 Å². The molecule has 2 aromatic carbocycles. The average Bonchev–Trinajstić information content (AvgIpc) is 3.29. The first-order valence-electron chi connectivity index (χ1n) is 11.8. The van der Waals surface area contributed by atoms with Crippen molar-refractivity contribution < 1.29 is 14.6 Å². The van der Waals surface area contributed by atoms with Crippen LogP contribution in [0, 0.1) is 5.92 Å². The van der Waals surface area contributed by atoms with Crippen LogP contribution in [0.25, 0.3) is 0 Å². The summed E-state index contributed by atoms with van der Waals surface area (Å²) < 4.78 is 5.99. The predicted molar refractivity (Wildman–Crippen MR) is 127 cm³/mol. The fraction of sp³-hybridized carbons (Fsp3) is 0.519. The van der Waals surface area contributed by atoms with Gasteiger partial charge >= 0.3 is 5.97 Å². The number of ether oxygens (including phenoxy) is 1. The minimum atomic E-state index is -0.795. The molecule has 2 fully saturated rings. The maximum Gasteiger partial charge on any atom is 0.320 e. The molecule has 0 bridgehead atoms. The summed E-state index contributed by atoms with van der Waals surface area (Å²) in [5.74, 6) is -0.0885. The van der Waals surface area contributed by atoms with Crippen molar-refractivity contribution in [3.05, 3.63) is 71.3 Å². The van der Waals surface area contributed by atoms with E-state index in [0.717, 1.165) is 6.42 Å². The molecule has 0 unspecified atom stereocenters. The van der Waals surface area contributed by atoms with Crippen molar-refractivity contribution in [2.45, 2.75) is 62.8 Å². The molecule has 0 amide bonds.